The first-order valence-corrected chi connectivity index (χ1v) is 5.96. The number of carbonyl (C=O) groups is 1. The van der Waals surface area contributed by atoms with Crippen molar-refractivity contribution in [1.29, 1.82) is 0 Å². The van der Waals surface area contributed by atoms with Gasteiger partial charge in [-0.3, -0.25) is 4.79 Å². The van der Waals surface area contributed by atoms with Crippen molar-refractivity contribution in [3.8, 4) is 0 Å². The molecule has 0 aliphatic carbocycles. The number of benzene rings is 1. The van der Waals surface area contributed by atoms with Gasteiger partial charge in [0.25, 0.3) is 0 Å². The summed E-state index contributed by atoms with van der Waals surface area (Å²) in [6.45, 7) is 2.64. The Morgan fingerprint density at radius 1 is 1.56 bits per heavy atom. The highest BCUT2D eigenvalue weighted by Gasteiger charge is 2.27. The van der Waals surface area contributed by atoms with Crippen molar-refractivity contribution in [3.05, 3.63) is 35.4 Å². The zero-order valence-electron chi connectivity index (χ0n) is 10.3. The molecule has 0 spiro atoms. The summed E-state index contributed by atoms with van der Waals surface area (Å²) in [4.78, 5) is 16.6. The van der Waals surface area contributed by atoms with Crippen molar-refractivity contribution < 1.29 is 14.4 Å². The third kappa shape index (κ3) is 2.61. The number of oxime groups is 1. The smallest absolute Gasteiger partial charge is 0.249 e. The van der Waals surface area contributed by atoms with Crippen LogP contribution in [0.2, 0.25) is 0 Å². The van der Waals surface area contributed by atoms with E-state index in [4.69, 9.17) is 15.3 Å². The minimum absolute atomic E-state index is 0.291. The Labute approximate surface area is 106 Å². The number of rotatable bonds is 4. The van der Waals surface area contributed by atoms with E-state index in [9.17, 15) is 4.79 Å². The van der Waals surface area contributed by atoms with E-state index in [1.54, 1.807) is 12.1 Å². The van der Waals surface area contributed by atoms with E-state index in [0.717, 1.165) is 12.0 Å². The highest BCUT2D eigenvalue weighted by atomic mass is 16.7. The quantitative estimate of drug-likeness (QED) is 0.885. The van der Waals surface area contributed by atoms with Crippen LogP contribution in [0.1, 0.15) is 41.8 Å². The maximum atomic E-state index is 11.3. The molecule has 1 amide bonds. The summed E-state index contributed by atoms with van der Waals surface area (Å²) >= 11 is 0. The second-order valence-corrected chi connectivity index (χ2v) is 4.08. The van der Waals surface area contributed by atoms with Gasteiger partial charge in [0.1, 0.15) is 0 Å². The molecule has 2 N–H and O–H groups in total. The lowest BCUT2D eigenvalue weighted by atomic mass is 10.00. The van der Waals surface area contributed by atoms with Crippen LogP contribution in [0, 0.1) is 0 Å². The molecule has 1 heterocycles. The number of nitrogens with two attached hydrogens (primary N) is 1. The van der Waals surface area contributed by atoms with Gasteiger partial charge in [0.05, 0.1) is 13.0 Å². The Morgan fingerprint density at radius 3 is 3.06 bits per heavy atom. The van der Waals surface area contributed by atoms with Gasteiger partial charge >= 0.3 is 0 Å². The number of carbonyl (C=O) groups excluding carboxylic acids is 1. The molecule has 1 atom stereocenters. The number of primary amides is 1. The van der Waals surface area contributed by atoms with Crippen molar-refractivity contribution in [2.75, 3.05) is 6.61 Å². The standard InChI is InChI=1S/C13H16N2O3/c1-2-7-17-12-8-11(18-15-12)9-5-3-4-6-10(9)13(14)16/h3-6,11H,2,7-8H2,1H3,(H2,14,16). The minimum atomic E-state index is -0.461. The second kappa shape index (κ2) is 5.53. The number of nitrogens with zero attached hydrogens (tertiary/aromatic N) is 1. The zero-order valence-corrected chi connectivity index (χ0v) is 10.3. The first-order chi connectivity index (χ1) is 8.72. The molecule has 0 fully saturated rings. The van der Waals surface area contributed by atoms with Crippen molar-refractivity contribution in [1.82, 2.24) is 0 Å². The van der Waals surface area contributed by atoms with Gasteiger partial charge in [-0.1, -0.05) is 30.3 Å². The molecular formula is C13H16N2O3. The van der Waals surface area contributed by atoms with Crippen LogP contribution in [-0.4, -0.2) is 18.4 Å². The second-order valence-electron chi connectivity index (χ2n) is 4.08. The van der Waals surface area contributed by atoms with Gasteiger partial charge in [0, 0.05) is 11.1 Å². The molecule has 96 valence electrons. The molecule has 0 radical (unpaired) electrons. The normalized spacial score (nSPS) is 18.1. The van der Waals surface area contributed by atoms with Gasteiger partial charge < -0.3 is 15.3 Å². The van der Waals surface area contributed by atoms with E-state index in [0.29, 0.717) is 24.5 Å². The molecule has 0 saturated heterocycles. The maximum Gasteiger partial charge on any atom is 0.249 e. The largest absolute Gasteiger partial charge is 0.479 e. The van der Waals surface area contributed by atoms with Crippen LogP contribution in [0.5, 0.6) is 0 Å². The van der Waals surface area contributed by atoms with Gasteiger partial charge in [0.15, 0.2) is 6.10 Å². The van der Waals surface area contributed by atoms with Crippen LogP contribution >= 0.6 is 0 Å². The summed E-state index contributed by atoms with van der Waals surface area (Å²) < 4.78 is 5.41. The lowest BCUT2D eigenvalue weighted by Gasteiger charge is -2.11. The van der Waals surface area contributed by atoms with Gasteiger partial charge in [-0.05, 0) is 12.5 Å². The molecule has 0 aromatic heterocycles. The molecule has 1 aromatic carbocycles. The fourth-order valence-electron chi connectivity index (χ4n) is 1.83. The van der Waals surface area contributed by atoms with Gasteiger partial charge in [-0.25, -0.2) is 0 Å². The Kier molecular flexibility index (Phi) is 3.82. The van der Waals surface area contributed by atoms with Crippen molar-refractivity contribution in [2.45, 2.75) is 25.9 Å². The maximum absolute atomic E-state index is 11.3. The predicted molar refractivity (Wildman–Crippen MR) is 67.1 cm³/mol. The zero-order chi connectivity index (χ0) is 13.0. The summed E-state index contributed by atoms with van der Waals surface area (Å²) in [6, 6.07) is 7.12. The van der Waals surface area contributed by atoms with E-state index in [-0.39, 0.29) is 6.10 Å². The number of hydrogen-bond donors (Lipinski definition) is 1. The Morgan fingerprint density at radius 2 is 2.33 bits per heavy atom. The molecule has 2 rings (SSSR count). The molecule has 0 saturated carbocycles. The molecule has 5 nitrogen and oxygen atoms in total. The van der Waals surface area contributed by atoms with Crippen LogP contribution in [0.4, 0.5) is 0 Å². The van der Waals surface area contributed by atoms with Gasteiger partial charge in [0.2, 0.25) is 11.8 Å². The van der Waals surface area contributed by atoms with Crippen molar-refractivity contribution in [3.63, 3.8) is 0 Å². The predicted octanol–water partition coefficient (Wildman–Crippen LogP) is 1.99. The molecule has 1 aromatic rings. The molecule has 18 heavy (non-hydrogen) atoms. The number of hydrogen-bond acceptors (Lipinski definition) is 4. The van der Waals surface area contributed by atoms with Crippen LogP contribution < -0.4 is 5.73 Å². The third-order valence-electron chi connectivity index (χ3n) is 2.69. The molecule has 5 heteroatoms. The SMILES string of the molecule is CCCOC1=NOC(c2ccccc2C(N)=O)C1. The van der Waals surface area contributed by atoms with E-state index in [1.165, 1.54) is 0 Å². The average Bonchev–Trinajstić information content (AvgIpc) is 2.85. The Balaban J connectivity index is 2.09. The van der Waals surface area contributed by atoms with Crippen LogP contribution in [0.15, 0.2) is 29.4 Å². The van der Waals surface area contributed by atoms with Crippen molar-refractivity contribution >= 4 is 11.8 Å². The monoisotopic (exact) mass is 248 g/mol. The summed E-state index contributed by atoms with van der Waals surface area (Å²) in [6.07, 6.45) is 1.16. The van der Waals surface area contributed by atoms with Gasteiger partial charge in [-0.2, -0.15) is 0 Å². The van der Waals surface area contributed by atoms with E-state index >= 15 is 0 Å². The summed E-state index contributed by atoms with van der Waals surface area (Å²) in [5, 5.41) is 3.87. The fourth-order valence-corrected chi connectivity index (χ4v) is 1.83. The lowest BCUT2D eigenvalue weighted by Crippen LogP contribution is -2.16. The Hall–Kier alpha value is -2.04. The van der Waals surface area contributed by atoms with Crippen LogP contribution in [-0.2, 0) is 9.57 Å². The third-order valence-corrected chi connectivity index (χ3v) is 2.69. The molecule has 1 unspecified atom stereocenters. The van der Waals surface area contributed by atoms with Crippen molar-refractivity contribution in [2.24, 2.45) is 10.9 Å². The summed E-state index contributed by atoms with van der Waals surface area (Å²) in [5.41, 5.74) is 6.55. The highest BCUT2D eigenvalue weighted by Crippen LogP contribution is 2.29. The van der Waals surface area contributed by atoms with Gasteiger partial charge in [-0.15, -0.1) is 0 Å². The van der Waals surface area contributed by atoms with Crippen LogP contribution in [0.25, 0.3) is 0 Å². The molecule has 0 bridgehead atoms. The molecule has 1 aliphatic rings. The highest BCUT2D eigenvalue weighted by molar-refractivity contribution is 5.94. The topological polar surface area (TPSA) is 73.9 Å². The lowest BCUT2D eigenvalue weighted by molar-refractivity contribution is 0.0827. The fraction of sp³-hybridized carbons (Fsp3) is 0.385. The molecule has 1 aliphatic heterocycles. The Bertz CT molecular complexity index is 471. The van der Waals surface area contributed by atoms with E-state index in [2.05, 4.69) is 5.16 Å². The van der Waals surface area contributed by atoms with Crippen LogP contribution in [0.3, 0.4) is 0 Å². The summed E-state index contributed by atoms with van der Waals surface area (Å²) in [5.74, 6) is 0.109. The first kappa shape index (κ1) is 12.4. The number of ether oxygens (including phenoxy) is 1. The van der Waals surface area contributed by atoms with E-state index in [1.807, 2.05) is 19.1 Å². The minimum Gasteiger partial charge on any atom is -0.479 e. The first-order valence-electron chi connectivity index (χ1n) is 5.96. The number of amides is 1. The van der Waals surface area contributed by atoms with E-state index < -0.39 is 5.91 Å². The average molecular weight is 248 g/mol. The summed E-state index contributed by atoms with van der Waals surface area (Å²) in [7, 11) is 0. The molecular weight excluding hydrogens is 232 g/mol.